The highest BCUT2D eigenvalue weighted by Gasteiger charge is 2.32. The molecule has 0 saturated heterocycles. The topological polar surface area (TPSA) is 83.0 Å². The van der Waals surface area contributed by atoms with E-state index < -0.39 is 11.6 Å². The van der Waals surface area contributed by atoms with Crippen molar-refractivity contribution < 1.29 is 9.53 Å². The molecule has 2 unspecified atom stereocenters. The zero-order valence-corrected chi connectivity index (χ0v) is 11.1. The summed E-state index contributed by atoms with van der Waals surface area (Å²) in [6.45, 7) is 6.29. The lowest BCUT2D eigenvalue weighted by atomic mass is 9.90. The van der Waals surface area contributed by atoms with Crippen LogP contribution in [0.5, 0.6) is 0 Å². The van der Waals surface area contributed by atoms with E-state index in [4.69, 9.17) is 10.5 Å². The van der Waals surface area contributed by atoms with Gasteiger partial charge in [0.2, 0.25) is 0 Å². The normalized spacial score (nSPS) is 21.2. The minimum atomic E-state index is -0.588. The van der Waals surface area contributed by atoms with Crippen LogP contribution >= 0.6 is 0 Å². The minimum Gasteiger partial charge on any atom is -0.459 e. The summed E-state index contributed by atoms with van der Waals surface area (Å²) in [6, 6.07) is -0.588. The van der Waals surface area contributed by atoms with Gasteiger partial charge in [-0.3, -0.25) is 9.48 Å². The second-order valence-electron chi connectivity index (χ2n) is 5.71. The van der Waals surface area contributed by atoms with Gasteiger partial charge in [-0.25, -0.2) is 4.98 Å². The van der Waals surface area contributed by atoms with Crippen molar-refractivity contribution in [2.75, 3.05) is 0 Å². The molecule has 18 heavy (non-hydrogen) atoms. The van der Waals surface area contributed by atoms with Gasteiger partial charge in [-0.15, -0.1) is 0 Å². The third-order valence-electron chi connectivity index (χ3n) is 3.04. The van der Waals surface area contributed by atoms with Gasteiger partial charge in [0.1, 0.15) is 23.8 Å². The monoisotopic (exact) mass is 252 g/mol. The highest BCUT2D eigenvalue weighted by Crippen LogP contribution is 2.22. The maximum atomic E-state index is 11.9. The summed E-state index contributed by atoms with van der Waals surface area (Å²) in [5, 5.41) is 4.10. The number of carbonyl (C=O) groups is 1. The van der Waals surface area contributed by atoms with Gasteiger partial charge in [-0.1, -0.05) is 0 Å². The molecule has 2 atom stereocenters. The van der Waals surface area contributed by atoms with Crippen molar-refractivity contribution >= 4 is 5.97 Å². The number of nitrogens with two attached hydrogens (primary N) is 1. The Morgan fingerprint density at radius 2 is 2.33 bits per heavy atom. The summed E-state index contributed by atoms with van der Waals surface area (Å²) >= 11 is 0. The molecule has 0 fully saturated rings. The quantitative estimate of drug-likeness (QED) is 0.775. The van der Waals surface area contributed by atoms with Crippen LogP contribution in [0.3, 0.4) is 0 Å². The number of carbonyl (C=O) groups excluding carboxylic acids is 1. The van der Waals surface area contributed by atoms with Crippen LogP contribution in [0.1, 0.15) is 33.0 Å². The van der Waals surface area contributed by atoms with Crippen LogP contribution in [0.2, 0.25) is 0 Å². The van der Waals surface area contributed by atoms with E-state index in [1.807, 2.05) is 25.5 Å². The van der Waals surface area contributed by atoms with Crippen LogP contribution in [0, 0.1) is 5.92 Å². The van der Waals surface area contributed by atoms with Crippen molar-refractivity contribution in [3.63, 3.8) is 0 Å². The molecule has 0 spiro atoms. The summed E-state index contributed by atoms with van der Waals surface area (Å²) in [4.78, 5) is 16.1. The number of hydrogen-bond acceptors (Lipinski definition) is 5. The Labute approximate surface area is 107 Å². The third-order valence-corrected chi connectivity index (χ3v) is 3.04. The molecule has 6 heteroatoms. The molecule has 0 saturated carbocycles. The first-order valence-corrected chi connectivity index (χ1v) is 6.22. The largest absolute Gasteiger partial charge is 0.459 e. The van der Waals surface area contributed by atoms with Crippen molar-refractivity contribution in [1.82, 2.24) is 14.8 Å². The van der Waals surface area contributed by atoms with Gasteiger partial charge in [0.15, 0.2) is 0 Å². The lowest BCUT2D eigenvalue weighted by Gasteiger charge is -2.29. The number of ether oxygens (including phenoxy) is 1. The second kappa shape index (κ2) is 4.68. The molecule has 1 aliphatic heterocycles. The molecular weight excluding hydrogens is 232 g/mol. The van der Waals surface area contributed by atoms with E-state index in [1.165, 1.54) is 6.33 Å². The average Bonchev–Trinajstić information content (AvgIpc) is 2.72. The Kier molecular flexibility index (Phi) is 3.38. The van der Waals surface area contributed by atoms with Gasteiger partial charge < -0.3 is 10.5 Å². The van der Waals surface area contributed by atoms with Crippen molar-refractivity contribution in [3.8, 4) is 0 Å². The third kappa shape index (κ3) is 2.87. The van der Waals surface area contributed by atoms with Gasteiger partial charge in [-0.2, -0.15) is 5.10 Å². The molecule has 2 heterocycles. The van der Waals surface area contributed by atoms with Gasteiger partial charge in [0.25, 0.3) is 0 Å². The Bertz CT molecular complexity index is 436. The lowest BCUT2D eigenvalue weighted by molar-refractivity contribution is -0.158. The second-order valence-corrected chi connectivity index (χ2v) is 5.71. The van der Waals surface area contributed by atoms with E-state index in [0.717, 1.165) is 18.8 Å². The fourth-order valence-corrected chi connectivity index (χ4v) is 2.13. The molecule has 0 radical (unpaired) electrons. The first-order chi connectivity index (χ1) is 8.37. The molecule has 0 aliphatic carbocycles. The molecule has 1 aromatic heterocycles. The van der Waals surface area contributed by atoms with E-state index in [-0.39, 0.29) is 11.9 Å². The van der Waals surface area contributed by atoms with E-state index in [9.17, 15) is 4.79 Å². The van der Waals surface area contributed by atoms with Crippen LogP contribution in [0.4, 0.5) is 0 Å². The molecule has 0 aromatic carbocycles. The van der Waals surface area contributed by atoms with Gasteiger partial charge >= 0.3 is 5.97 Å². The van der Waals surface area contributed by atoms with E-state index in [0.29, 0.717) is 6.42 Å². The summed E-state index contributed by atoms with van der Waals surface area (Å²) in [6.07, 6.45) is 3.05. The predicted molar refractivity (Wildman–Crippen MR) is 65.7 cm³/mol. The zero-order valence-electron chi connectivity index (χ0n) is 11.1. The SMILES string of the molecule is CC(C)(C)OC(=O)C(N)C1CCn2ncnc2C1. The lowest BCUT2D eigenvalue weighted by Crippen LogP contribution is -2.45. The molecule has 0 amide bonds. The number of fused-ring (bicyclic) bond motifs is 1. The van der Waals surface area contributed by atoms with E-state index in [2.05, 4.69) is 10.1 Å². The summed E-state index contributed by atoms with van der Waals surface area (Å²) < 4.78 is 7.17. The number of rotatable bonds is 2. The summed E-state index contributed by atoms with van der Waals surface area (Å²) in [5.74, 6) is 0.641. The predicted octanol–water partition coefficient (Wildman–Crippen LogP) is 0.509. The molecule has 1 aliphatic rings. The molecular formula is C12H20N4O2. The number of hydrogen-bond donors (Lipinski definition) is 1. The molecule has 2 rings (SSSR count). The van der Waals surface area contributed by atoms with E-state index >= 15 is 0 Å². The van der Waals surface area contributed by atoms with Crippen LogP contribution < -0.4 is 5.73 Å². The van der Waals surface area contributed by atoms with Crippen molar-refractivity contribution in [3.05, 3.63) is 12.2 Å². The van der Waals surface area contributed by atoms with Crippen LogP contribution in [0.15, 0.2) is 6.33 Å². The zero-order chi connectivity index (χ0) is 13.3. The summed E-state index contributed by atoms with van der Waals surface area (Å²) in [7, 11) is 0. The highest BCUT2D eigenvalue weighted by atomic mass is 16.6. The highest BCUT2D eigenvalue weighted by molar-refractivity contribution is 5.76. The summed E-state index contributed by atoms with van der Waals surface area (Å²) in [5.41, 5.74) is 5.50. The average molecular weight is 252 g/mol. The van der Waals surface area contributed by atoms with Gasteiger partial charge in [-0.05, 0) is 33.1 Å². The standard InChI is InChI=1S/C12H20N4O2/c1-12(2,3)18-11(17)10(13)8-4-5-16-9(6-8)14-7-15-16/h7-8,10H,4-6,13H2,1-3H3. The number of aryl methyl sites for hydroxylation is 1. The van der Waals surface area contributed by atoms with Crippen molar-refractivity contribution in [2.45, 2.75) is 51.8 Å². The molecule has 1 aromatic rings. The molecule has 6 nitrogen and oxygen atoms in total. The number of nitrogens with zero attached hydrogens (tertiary/aromatic N) is 3. The van der Waals surface area contributed by atoms with Crippen LogP contribution in [0.25, 0.3) is 0 Å². The maximum absolute atomic E-state index is 11.9. The van der Waals surface area contributed by atoms with E-state index in [1.54, 1.807) is 0 Å². The molecule has 2 N–H and O–H groups in total. The van der Waals surface area contributed by atoms with Crippen LogP contribution in [-0.2, 0) is 22.5 Å². The number of aromatic nitrogens is 3. The fraction of sp³-hybridized carbons (Fsp3) is 0.750. The first-order valence-electron chi connectivity index (χ1n) is 6.22. The Morgan fingerprint density at radius 3 is 3.00 bits per heavy atom. The van der Waals surface area contributed by atoms with Crippen LogP contribution in [-0.4, -0.2) is 32.4 Å². The maximum Gasteiger partial charge on any atom is 0.323 e. The molecule has 100 valence electrons. The first kappa shape index (κ1) is 13.0. The Morgan fingerprint density at radius 1 is 1.61 bits per heavy atom. The van der Waals surface area contributed by atoms with Gasteiger partial charge in [0, 0.05) is 13.0 Å². The van der Waals surface area contributed by atoms with Gasteiger partial charge in [0.05, 0.1) is 0 Å². The minimum absolute atomic E-state index is 0.0801. The Hall–Kier alpha value is -1.43. The van der Waals surface area contributed by atoms with Crippen molar-refractivity contribution in [2.24, 2.45) is 11.7 Å². The van der Waals surface area contributed by atoms with Crippen molar-refractivity contribution in [1.29, 1.82) is 0 Å². The Balaban J connectivity index is 1.99. The smallest absolute Gasteiger partial charge is 0.323 e. The fourth-order valence-electron chi connectivity index (χ4n) is 2.13. The number of esters is 1. The molecule has 0 bridgehead atoms.